The number of aryl methyl sites for hydroxylation is 1. The van der Waals surface area contributed by atoms with Gasteiger partial charge in [0.1, 0.15) is 5.69 Å². The average Bonchev–Trinajstić information content (AvgIpc) is 2.11. The summed E-state index contributed by atoms with van der Waals surface area (Å²) in [6, 6.07) is 0. The van der Waals surface area contributed by atoms with Crippen molar-refractivity contribution in [3.8, 4) is 5.75 Å². The van der Waals surface area contributed by atoms with Crippen molar-refractivity contribution in [2.45, 2.75) is 33.1 Å². The summed E-state index contributed by atoms with van der Waals surface area (Å²) >= 11 is 0. The molecule has 2 N–H and O–H groups in total. The van der Waals surface area contributed by atoms with Gasteiger partial charge in [0.2, 0.25) is 0 Å². The largest absolute Gasteiger partial charge is 0.504 e. The van der Waals surface area contributed by atoms with Crippen LogP contribution in [0.15, 0.2) is 0 Å². The standard InChI is InChI=1S/C8H14N2O/c1-5-6(11)7(10-9-5)8(2,3)4/h11H,1-4H3,(H,9,10). The predicted molar refractivity (Wildman–Crippen MR) is 43.7 cm³/mol. The van der Waals surface area contributed by atoms with E-state index in [4.69, 9.17) is 0 Å². The Bertz CT molecular complexity index is 258. The number of nitrogens with one attached hydrogen (secondary N) is 1. The van der Waals surface area contributed by atoms with Gasteiger partial charge in [0.25, 0.3) is 0 Å². The Morgan fingerprint density at radius 3 is 2.09 bits per heavy atom. The molecule has 0 aromatic carbocycles. The molecule has 0 spiro atoms. The van der Waals surface area contributed by atoms with Crippen molar-refractivity contribution in [3.05, 3.63) is 11.4 Å². The first-order valence-electron chi connectivity index (χ1n) is 3.67. The van der Waals surface area contributed by atoms with Crippen LogP contribution in [0.2, 0.25) is 0 Å². The zero-order valence-electron chi connectivity index (χ0n) is 7.39. The number of aromatic nitrogens is 2. The van der Waals surface area contributed by atoms with Crippen molar-refractivity contribution in [2.75, 3.05) is 0 Å². The molecule has 0 amide bonds. The smallest absolute Gasteiger partial charge is 0.160 e. The number of H-pyrrole nitrogens is 1. The highest BCUT2D eigenvalue weighted by atomic mass is 16.3. The first kappa shape index (κ1) is 8.11. The number of nitrogens with zero attached hydrogens (tertiary/aromatic N) is 1. The van der Waals surface area contributed by atoms with E-state index in [1.165, 1.54) is 0 Å². The lowest BCUT2D eigenvalue weighted by Gasteiger charge is -2.14. The molecule has 0 saturated heterocycles. The van der Waals surface area contributed by atoms with E-state index < -0.39 is 0 Å². The zero-order valence-corrected chi connectivity index (χ0v) is 7.39. The highest BCUT2D eigenvalue weighted by Gasteiger charge is 2.22. The molecular weight excluding hydrogens is 140 g/mol. The van der Waals surface area contributed by atoms with E-state index in [0.29, 0.717) is 0 Å². The van der Waals surface area contributed by atoms with Crippen molar-refractivity contribution in [1.29, 1.82) is 0 Å². The Labute approximate surface area is 66.4 Å². The van der Waals surface area contributed by atoms with Crippen LogP contribution in [0.3, 0.4) is 0 Å². The fourth-order valence-electron chi connectivity index (χ4n) is 0.946. The van der Waals surface area contributed by atoms with E-state index in [1.54, 1.807) is 6.92 Å². The quantitative estimate of drug-likeness (QED) is 0.597. The Hall–Kier alpha value is -0.990. The molecule has 3 nitrogen and oxygen atoms in total. The first-order valence-corrected chi connectivity index (χ1v) is 3.67. The molecule has 0 aliphatic heterocycles. The third kappa shape index (κ3) is 1.37. The molecule has 0 radical (unpaired) electrons. The van der Waals surface area contributed by atoms with E-state index in [1.807, 2.05) is 20.8 Å². The minimum atomic E-state index is -0.0884. The second-order valence-corrected chi connectivity index (χ2v) is 3.80. The van der Waals surface area contributed by atoms with Gasteiger partial charge < -0.3 is 5.11 Å². The lowest BCUT2D eigenvalue weighted by molar-refractivity contribution is 0.441. The van der Waals surface area contributed by atoms with E-state index in [0.717, 1.165) is 11.4 Å². The van der Waals surface area contributed by atoms with Crippen molar-refractivity contribution < 1.29 is 5.11 Å². The van der Waals surface area contributed by atoms with E-state index >= 15 is 0 Å². The summed E-state index contributed by atoms with van der Waals surface area (Å²) < 4.78 is 0. The first-order chi connectivity index (χ1) is 4.93. The van der Waals surface area contributed by atoms with Crippen LogP contribution in [-0.2, 0) is 5.41 Å². The molecule has 0 bridgehead atoms. The Kier molecular flexibility index (Phi) is 1.66. The number of hydrogen-bond acceptors (Lipinski definition) is 2. The van der Waals surface area contributed by atoms with Gasteiger partial charge >= 0.3 is 0 Å². The lowest BCUT2D eigenvalue weighted by atomic mass is 9.91. The summed E-state index contributed by atoms with van der Waals surface area (Å²) in [5, 5.41) is 16.2. The van der Waals surface area contributed by atoms with E-state index in [9.17, 15) is 5.11 Å². The van der Waals surface area contributed by atoms with E-state index in [-0.39, 0.29) is 11.2 Å². The number of rotatable bonds is 0. The summed E-state index contributed by atoms with van der Waals surface area (Å²) in [7, 11) is 0. The average molecular weight is 154 g/mol. The molecule has 62 valence electrons. The second-order valence-electron chi connectivity index (χ2n) is 3.80. The summed E-state index contributed by atoms with van der Waals surface area (Å²) in [5.41, 5.74) is 1.37. The maximum Gasteiger partial charge on any atom is 0.160 e. The Morgan fingerprint density at radius 1 is 1.36 bits per heavy atom. The molecule has 0 aliphatic carbocycles. The third-order valence-corrected chi connectivity index (χ3v) is 1.63. The van der Waals surface area contributed by atoms with Crippen LogP contribution in [0, 0.1) is 6.92 Å². The van der Waals surface area contributed by atoms with Gasteiger partial charge in [0, 0.05) is 5.41 Å². The van der Waals surface area contributed by atoms with Crippen molar-refractivity contribution in [3.63, 3.8) is 0 Å². The summed E-state index contributed by atoms with van der Waals surface area (Å²) in [6.45, 7) is 7.85. The number of aromatic hydroxyl groups is 1. The SMILES string of the molecule is Cc1[nH]nc(C(C)(C)C)c1O. The molecule has 3 heteroatoms. The van der Waals surface area contributed by atoms with Gasteiger partial charge in [-0.15, -0.1) is 0 Å². The topological polar surface area (TPSA) is 48.9 Å². The van der Waals surface area contributed by atoms with Crippen molar-refractivity contribution >= 4 is 0 Å². The van der Waals surface area contributed by atoms with Crippen LogP contribution in [0.25, 0.3) is 0 Å². The highest BCUT2D eigenvalue weighted by molar-refractivity contribution is 5.34. The molecule has 0 fully saturated rings. The Balaban J connectivity index is 3.15. The predicted octanol–water partition coefficient (Wildman–Crippen LogP) is 1.72. The summed E-state index contributed by atoms with van der Waals surface area (Å²) in [6.07, 6.45) is 0. The zero-order chi connectivity index (χ0) is 8.65. The fraction of sp³-hybridized carbons (Fsp3) is 0.625. The lowest BCUT2D eigenvalue weighted by Crippen LogP contribution is -2.11. The second kappa shape index (κ2) is 2.26. The van der Waals surface area contributed by atoms with Crippen LogP contribution < -0.4 is 0 Å². The number of aromatic amines is 1. The third-order valence-electron chi connectivity index (χ3n) is 1.63. The minimum Gasteiger partial charge on any atom is -0.504 e. The molecular formula is C8H14N2O. The number of hydrogen-bond donors (Lipinski definition) is 2. The fourth-order valence-corrected chi connectivity index (χ4v) is 0.946. The summed E-state index contributed by atoms with van der Waals surface area (Å²) in [4.78, 5) is 0. The highest BCUT2D eigenvalue weighted by Crippen LogP contribution is 2.29. The normalized spacial score (nSPS) is 12.0. The monoisotopic (exact) mass is 154 g/mol. The van der Waals surface area contributed by atoms with Crippen LogP contribution in [0.1, 0.15) is 32.2 Å². The van der Waals surface area contributed by atoms with Gasteiger partial charge in [0.05, 0.1) is 5.69 Å². The summed E-state index contributed by atoms with van der Waals surface area (Å²) in [5.74, 6) is 0.289. The molecule has 0 atom stereocenters. The van der Waals surface area contributed by atoms with Gasteiger partial charge in [-0.3, -0.25) is 5.10 Å². The van der Waals surface area contributed by atoms with Crippen LogP contribution in [-0.4, -0.2) is 15.3 Å². The van der Waals surface area contributed by atoms with Crippen LogP contribution >= 0.6 is 0 Å². The van der Waals surface area contributed by atoms with Gasteiger partial charge in [0.15, 0.2) is 5.75 Å². The molecule has 0 saturated carbocycles. The van der Waals surface area contributed by atoms with Gasteiger partial charge in [-0.25, -0.2) is 0 Å². The molecule has 0 aliphatic rings. The van der Waals surface area contributed by atoms with Crippen molar-refractivity contribution in [2.24, 2.45) is 0 Å². The van der Waals surface area contributed by atoms with Gasteiger partial charge in [-0.05, 0) is 6.92 Å². The molecule has 1 rings (SSSR count). The maximum absolute atomic E-state index is 9.48. The van der Waals surface area contributed by atoms with Gasteiger partial charge in [-0.1, -0.05) is 20.8 Å². The Morgan fingerprint density at radius 2 is 1.91 bits per heavy atom. The van der Waals surface area contributed by atoms with Crippen molar-refractivity contribution in [1.82, 2.24) is 10.2 Å². The van der Waals surface area contributed by atoms with Gasteiger partial charge in [-0.2, -0.15) is 5.10 Å². The molecule has 1 heterocycles. The minimum absolute atomic E-state index is 0.0884. The molecule has 11 heavy (non-hydrogen) atoms. The molecule has 1 aromatic rings. The molecule has 1 aromatic heterocycles. The van der Waals surface area contributed by atoms with Crippen LogP contribution in [0.4, 0.5) is 0 Å². The maximum atomic E-state index is 9.48. The van der Waals surface area contributed by atoms with E-state index in [2.05, 4.69) is 10.2 Å². The van der Waals surface area contributed by atoms with Crippen LogP contribution in [0.5, 0.6) is 5.75 Å². The molecule has 0 unspecified atom stereocenters.